The molecule has 1 aromatic heterocycles. The molecule has 0 aliphatic heterocycles. The molecule has 3 rings (SSSR count). The number of hydrogen-bond donors (Lipinski definition) is 3. The lowest BCUT2D eigenvalue weighted by Gasteiger charge is -2.23. The molecule has 0 bridgehead atoms. The SMILES string of the molecule is Cc1cccc(C(=O)NC(C(=O)NC(C)c2nc3ccccc3[nH]2)C(C)C)c1. The highest BCUT2D eigenvalue weighted by molar-refractivity contribution is 5.97. The molecule has 0 saturated heterocycles. The van der Waals surface area contributed by atoms with E-state index in [4.69, 9.17) is 0 Å². The van der Waals surface area contributed by atoms with Crippen molar-refractivity contribution < 1.29 is 9.59 Å². The Morgan fingerprint density at radius 2 is 1.75 bits per heavy atom. The van der Waals surface area contributed by atoms with Gasteiger partial charge in [-0.15, -0.1) is 0 Å². The molecular formula is C22H26N4O2. The highest BCUT2D eigenvalue weighted by Gasteiger charge is 2.26. The largest absolute Gasteiger partial charge is 0.345 e. The van der Waals surface area contributed by atoms with Crippen molar-refractivity contribution in [3.8, 4) is 0 Å². The topological polar surface area (TPSA) is 86.9 Å². The van der Waals surface area contributed by atoms with Crippen LogP contribution in [0.4, 0.5) is 0 Å². The lowest BCUT2D eigenvalue weighted by Crippen LogP contribution is -2.50. The lowest BCUT2D eigenvalue weighted by molar-refractivity contribution is -0.124. The molecule has 3 N–H and O–H groups in total. The number of para-hydroxylation sites is 2. The van der Waals surface area contributed by atoms with Crippen molar-refractivity contribution in [1.29, 1.82) is 0 Å². The Labute approximate surface area is 164 Å². The minimum atomic E-state index is -0.639. The maximum absolute atomic E-state index is 12.8. The van der Waals surface area contributed by atoms with Crippen LogP contribution in [0.3, 0.4) is 0 Å². The molecule has 146 valence electrons. The van der Waals surface area contributed by atoms with Gasteiger partial charge in [-0.3, -0.25) is 9.59 Å². The van der Waals surface area contributed by atoms with Crippen LogP contribution < -0.4 is 10.6 Å². The molecule has 2 atom stereocenters. The van der Waals surface area contributed by atoms with Gasteiger partial charge in [-0.2, -0.15) is 0 Å². The van der Waals surface area contributed by atoms with Gasteiger partial charge >= 0.3 is 0 Å². The first kappa shape index (κ1) is 19.6. The monoisotopic (exact) mass is 378 g/mol. The van der Waals surface area contributed by atoms with E-state index in [0.29, 0.717) is 11.4 Å². The summed E-state index contributed by atoms with van der Waals surface area (Å²) in [5.74, 6) is 0.136. The second-order valence-corrected chi connectivity index (χ2v) is 7.43. The van der Waals surface area contributed by atoms with Crippen LogP contribution in [0.2, 0.25) is 0 Å². The van der Waals surface area contributed by atoms with Crippen LogP contribution in [0.15, 0.2) is 48.5 Å². The average Bonchev–Trinajstić information content (AvgIpc) is 3.10. The van der Waals surface area contributed by atoms with E-state index in [1.54, 1.807) is 6.07 Å². The fraction of sp³-hybridized carbons (Fsp3) is 0.318. The van der Waals surface area contributed by atoms with Gasteiger partial charge < -0.3 is 15.6 Å². The number of carbonyl (C=O) groups excluding carboxylic acids is 2. The van der Waals surface area contributed by atoms with E-state index in [2.05, 4.69) is 20.6 Å². The minimum absolute atomic E-state index is 0.0587. The van der Waals surface area contributed by atoms with Crippen LogP contribution in [0.25, 0.3) is 11.0 Å². The Bertz CT molecular complexity index is 960. The van der Waals surface area contributed by atoms with Crippen LogP contribution in [0, 0.1) is 12.8 Å². The lowest BCUT2D eigenvalue weighted by atomic mass is 10.0. The second kappa shape index (κ2) is 8.25. The summed E-state index contributed by atoms with van der Waals surface area (Å²) in [5, 5.41) is 5.82. The number of benzene rings is 2. The molecule has 0 aliphatic carbocycles. The molecular weight excluding hydrogens is 352 g/mol. The summed E-state index contributed by atoms with van der Waals surface area (Å²) in [6, 6.07) is 14.1. The van der Waals surface area contributed by atoms with Gasteiger partial charge in [-0.05, 0) is 44.0 Å². The van der Waals surface area contributed by atoms with Gasteiger partial charge in [-0.25, -0.2) is 4.98 Å². The predicted molar refractivity (Wildman–Crippen MR) is 110 cm³/mol. The van der Waals surface area contributed by atoms with E-state index in [-0.39, 0.29) is 23.8 Å². The molecule has 2 unspecified atom stereocenters. The summed E-state index contributed by atoms with van der Waals surface area (Å²) < 4.78 is 0. The average molecular weight is 378 g/mol. The van der Waals surface area contributed by atoms with Gasteiger partial charge in [0.1, 0.15) is 11.9 Å². The van der Waals surface area contributed by atoms with E-state index < -0.39 is 6.04 Å². The number of imidazole rings is 1. The zero-order valence-corrected chi connectivity index (χ0v) is 16.6. The Hall–Kier alpha value is -3.15. The van der Waals surface area contributed by atoms with Crippen molar-refractivity contribution in [2.24, 2.45) is 5.92 Å². The molecule has 2 aromatic carbocycles. The van der Waals surface area contributed by atoms with Crippen molar-refractivity contribution in [2.75, 3.05) is 0 Å². The molecule has 1 heterocycles. The van der Waals surface area contributed by atoms with Crippen molar-refractivity contribution >= 4 is 22.8 Å². The molecule has 28 heavy (non-hydrogen) atoms. The number of aromatic amines is 1. The van der Waals surface area contributed by atoms with E-state index in [9.17, 15) is 9.59 Å². The van der Waals surface area contributed by atoms with E-state index in [0.717, 1.165) is 16.6 Å². The third kappa shape index (κ3) is 4.39. The number of nitrogens with one attached hydrogen (secondary N) is 3. The van der Waals surface area contributed by atoms with Gasteiger partial charge in [0, 0.05) is 5.56 Å². The summed E-state index contributed by atoms with van der Waals surface area (Å²) in [7, 11) is 0. The molecule has 0 fully saturated rings. The van der Waals surface area contributed by atoms with E-state index >= 15 is 0 Å². The molecule has 0 saturated carbocycles. The molecule has 6 heteroatoms. The highest BCUT2D eigenvalue weighted by atomic mass is 16.2. The number of nitrogens with zero attached hydrogens (tertiary/aromatic N) is 1. The number of fused-ring (bicyclic) bond motifs is 1. The number of aromatic nitrogens is 2. The zero-order valence-electron chi connectivity index (χ0n) is 16.6. The molecule has 0 aliphatic rings. The van der Waals surface area contributed by atoms with Crippen molar-refractivity contribution in [2.45, 2.75) is 39.8 Å². The first-order valence-corrected chi connectivity index (χ1v) is 9.47. The third-order valence-electron chi connectivity index (χ3n) is 4.69. The highest BCUT2D eigenvalue weighted by Crippen LogP contribution is 2.16. The maximum atomic E-state index is 12.8. The summed E-state index contributed by atoms with van der Waals surface area (Å²) in [4.78, 5) is 33.2. The summed E-state index contributed by atoms with van der Waals surface area (Å²) in [6.07, 6.45) is 0. The minimum Gasteiger partial charge on any atom is -0.345 e. The molecule has 3 aromatic rings. The van der Waals surface area contributed by atoms with E-state index in [1.807, 2.05) is 70.2 Å². The van der Waals surface area contributed by atoms with Crippen LogP contribution in [-0.4, -0.2) is 27.8 Å². The standard InChI is InChI=1S/C22H26N4O2/c1-13(2)19(26-21(27)16-9-7-8-14(3)12-16)22(28)23-15(4)20-24-17-10-5-6-11-18(17)25-20/h5-13,15,19H,1-4H3,(H,23,28)(H,24,25)(H,26,27). The zero-order chi connectivity index (χ0) is 20.3. The van der Waals surface area contributed by atoms with Crippen LogP contribution in [0.5, 0.6) is 0 Å². The first-order valence-electron chi connectivity index (χ1n) is 9.47. The third-order valence-corrected chi connectivity index (χ3v) is 4.69. The number of amides is 2. The molecule has 2 amide bonds. The van der Waals surface area contributed by atoms with Gasteiger partial charge in [0.25, 0.3) is 5.91 Å². The quantitative estimate of drug-likeness (QED) is 0.613. The Kier molecular flexibility index (Phi) is 5.78. The fourth-order valence-corrected chi connectivity index (χ4v) is 3.09. The van der Waals surface area contributed by atoms with Gasteiger partial charge in [0.2, 0.25) is 5.91 Å². The Morgan fingerprint density at radius 3 is 2.43 bits per heavy atom. The van der Waals surface area contributed by atoms with Crippen LogP contribution in [0.1, 0.15) is 48.6 Å². The second-order valence-electron chi connectivity index (χ2n) is 7.43. The first-order chi connectivity index (χ1) is 13.3. The maximum Gasteiger partial charge on any atom is 0.251 e. The summed E-state index contributed by atoms with van der Waals surface area (Å²) in [5.41, 5.74) is 3.32. The van der Waals surface area contributed by atoms with Crippen molar-refractivity contribution in [1.82, 2.24) is 20.6 Å². The Morgan fingerprint density at radius 1 is 1.00 bits per heavy atom. The van der Waals surface area contributed by atoms with Gasteiger partial charge in [0.15, 0.2) is 0 Å². The fourth-order valence-electron chi connectivity index (χ4n) is 3.09. The molecule has 0 spiro atoms. The summed E-state index contributed by atoms with van der Waals surface area (Å²) in [6.45, 7) is 7.62. The molecule has 6 nitrogen and oxygen atoms in total. The number of carbonyl (C=O) groups is 2. The number of H-pyrrole nitrogens is 1. The Balaban J connectivity index is 1.71. The van der Waals surface area contributed by atoms with E-state index in [1.165, 1.54) is 0 Å². The predicted octanol–water partition coefficient (Wildman–Crippen LogP) is 3.50. The molecule has 0 radical (unpaired) electrons. The van der Waals surface area contributed by atoms with Gasteiger partial charge in [-0.1, -0.05) is 43.7 Å². The smallest absolute Gasteiger partial charge is 0.251 e. The number of aryl methyl sites for hydroxylation is 1. The number of rotatable bonds is 6. The summed E-state index contributed by atoms with van der Waals surface area (Å²) >= 11 is 0. The number of hydrogen-bond acceptors (Lipinski definition) is 3. The van der Waals surface area contributed by atoms with Crippen molar-refractivity contribution in [3.63, 3.8) is 0 Å². The van der Waals surface area contributed by atoms with Crippen LogP contribution >= 0.6 is 0 Å². The van der Waals surface area contributed by atoms with Gasteiger partial charge in [0.05, 0.1) is 17.1 Å². The van der Waals surface area contributed by atoms with Crippen LogP contribution in [-0.2, 0) is 4.79 Å². The normalized spacial score (nSPS) is 13.3. The van der Waals surface area contributed by atoms with Crippen molar-refractivity contribution in [3.05, 3.63) is 65.5 Å².